The first-order valence-electron chi connectivity index (χ1n) is 11.0. The third kappa shape index (κ3) is 3.60. The minimum absolute atomic E-state index is 0.0522. The maximum Gasteiger partial charge on any atom is 0.167 e. The molecule has 5 aromatic rings. The Bertz CT molecular complexity index is 1420. The van der Waals surface area contributed by atoms with Gasteiger partial charge in [-0.05, 0) is 43.5 Å². The molecule has 6 rings (SSSR count). The normalized spacial score (nSPS) is 16.5. The van der Waals surface area contributed by atoms with Gasteiger partial charge < -0.3 is 10.1 Å². The summed E-state index contributed by atoms with van der Waals surface area (Å²) in [6, 6.07) is 14.4. The Balaban J connectivity index is 1.36. The number of imidazole rings is 2. The molecule has 0 spiro atoms. The fourth-order valence-corrected chi connectivity index (χ4v) is 4.38. The van der Waals surface area contributed by atoms with Gasteiger partial charge in [0.2, 0.25) is 0 Å². The molecule has 1 unspecified atom stereocenters. The van der Waals surface area contributed by atoms with Crippen molar-refractivity contribution in [2.24, 2.45) is 0 Å². The molecule has 33 heavy (non-hydrogen) atoms. The molecule has 4 heterocycles. The lowest BCUT2D eigenvalue weighted by atomic mass is 10.2. The van der Waals surface area contributed by atoms with Crippen molar-refractivity contribution in [3.8, 4) is 5.69 Å². The molecule has 166 valence electrons. The third-order valence-electron chi connectivity index (χ3n) is 5.94. The first-order chi connectivity index (χ1) is 16.3. The Kier molecular flexibility index (Phi) is 4.95. The van der Waals surface area contributed by atoms with E-state index < -0.39 is 0 Å². The van der Waals surface area contributed by atoms with Crippen LogP contribution in [0.2, 0.25) is 0 Å². The zero-order valence-corrected chi connectivity index (χ0v) is 17.9. The second-order valence-corrected chi connectivity index (χ2v) is 8.05. The van der Waals surface area contributed by atoms with Crippen molar-refractivity contribution in [1.29, 1.82) is 0 Å². The van der Waals surface area contributed by atoms with E-state index in [-0.39, 0.29) is 12.0 Å². The highest BCUT2D eigenvalue weighted by Gasteiger charge is 2.20. The van der Waals surface area contributed by atoms with E-state index in [2.05, 4.69) is 20.3 Å². The van der Waals surface area contributed by atoms with Crippen molar-refractivity contribution in [3.63, 3.8) is 0 Å². The topological polar surface area (TPSA) is 82.7 Å². The van der Waals surface area contributed by atoms with Crippen molar-refractivity contribution >= 4 is 28.0 Å². The molecule has 9 heteroatoms. The number of para-hydroxylation sites is 1. The van der Waals surface area contributed by atoms with Gasteiger partial charge >= 0.3 is 0 Å². The number of hydrogen-bond donors (Lipinski definition) is 1. The number of halogens is 1. The molecule has 1 N–H and O–H groups in total. The van der Waals surface area contributed by atoms with Crippen LogP contribution >= 0.6 is 0 Å². The smallest absolute Gasteiger partial charge is 0.167 e. The minimum atomic E-state index is -0.299. The van der Waals surface area contributed by atoms with Crippen LogP contribution in [-0.2, 0) is 11.3 Å². The first kappa shape index (κ1) is 19.8. The van der Waals surface area contributed by atoms with Crippen LogP contribution in [0, 0.1) is 5.82 Å². The van der Waals surface area contributed by atoms with E-state index in [1.54, 1.807) is 12.4 Å². The van der Waals surface area contributed by atoms with Crippen LogP contribution in [0.25, 0.3) is 27.9 Å². The Labute approximate surface area is 189 Å². The van der Waals surface area contributed by atoms with Crippen molar-refractivity contribution < 1.29 is 9.13 Å². The first-order valence-corrected chi connectivity index (χ1v) is 11.0. The van der Waals surface area contributed by atoms with Gasteiger partial charge in [-0.1, -0.05) is 18.2 Å². The largest absolute Gasteiger partial charge is 0.361 e. The summed E-state index contributed by atoms with van der Waals surface area (Å²) in [5.41, 5.74) is 3.76. The summed E-state index contributed by atoms with van der Waals surface area (Å²) < 4.78 is 23.9. The predicted molar refractivity (Wildman–Crippen MR) is 123 cm³/mol. The number of benzene rings is 2. The van der Waals surface area contributed by atoms with Crippen LogP contribution in [0.15, 0.2) is 61.2 Å². The molecular weight excluding hydrogens is 421 g/mol. The summed E-state index contributed by atoms with van der Waals surface area (Å²) in [6.07, 6.45) is 6.39. The van der Waals surface area contributed by atoms with Gasteiger partial charge in [0.1, 0.15) is 24.2 Å². The average Bonchev–Trinajstić information content (AvgIpc) is 3.45. The minimum Gasteiger partial charge on any atom is -0.361 e. The lowest BCUT2D eigenvalue weighted by molar-refractivity contribution is -0.0298. The lowest BCUT2D eigenvalue weighted by Gasteiger charge is -2.23. The van der Waals surface area contributed by atoms with E-state index in [1.165, 1.54) is 18.5 Å². The maximum absolute atomic E-state index is 14.0. The van der Waals surface area contributed by atoms with Crippen LogP contribution in [0.1, 0.15) is 31.3 Å². The fraction of sp³-hybridized carbons (Fsp3) is 0.250. The number of nitrogens with one attached hydrogen (secondary N) is 1. The molecule has 1 saturated heterocycles. The molecule has 2 aromatic carbocycles. The van der Waals surface area contributed by atoms with Gasteiger partial charge in [0.25, 0.3) is 0 Å². The van der Waals surface area contributed by atoms with E-state index in [0.29, 0.717) is 23.4 Å². The van der Waals surface area contributed by atoms with Crippen molar-refractivity contribution in [1.82, 2.24) is 29.1 Å². The number of rotatable bonds is 5. The molecule has 0 amide bonds. The van der Waals surface area contributed by atoms with Gasteiger partial charge in [-0.15, -0.1) is 0 Å². The second-order valence-electron chi connectivity index (χ2n) is 8.05. The molecule has 8 nitrogen and oxygen atoms in total. The van der Waals surface area contributed by atoms with Gasteiger partial charge in [0.15, 0.2) is 17.0 Å². The highest BCUT2D eigenvalue weighted by atomic mass is 19.1. The SMILES string of the molecule is Fc1ccc2nc(CNc3ncnc4c3ncn4C3CCCCO3)n(-c3ccccc3)c2c1. The Hall–Kier alpha value is -3.85. The molecule has 0 radical (unpaired) electrons. The van der Waals surface area contributed by atoms with E-state index >= 15 is 0 Å². The van der Waals surface area contributed by atoms with Gasteiger partial charge in [0, 0.05) is 18.4 Å². The molecule has 3 aromatic heterocycles. The van der Waals surface area contributed by atoms with Crippen LogP contribution < -0.4 is 5.32 Å². The second kappa shape index (κ2) is 8.25. The summed E-state index contributed by atoms with van der Waals surface area (Å²) >= 11 is 0. The van der Waals surface area contributed by atoms with Crippen molar-refractivity contribution in [3.05, 3.63) is 72.8 Å². The van der Waals surface area contributed by atoms with Crippen LogP contribution in [0.4, 0.5) is 10.2 Å². The van der Waals surface area contributed by atoms with Gasteiger partial charge in [-0.2, -0.15) is 0 Å². The number of fused-ring (bicyclic) bond motifs is 2. The van der Waals surface area contributed by atoms with Gasteiger partial charge in [-0.25, -0.2) is 24.3 Å². The molecule has 1 atom stereocenters. The van der Waals surface area contributed by atoms with Crippen LogP contribution in [-0.4, -0.2) is 35.7 Å². The third-order valence-corrected chi connectivity index (χ3v) is 5.94. The molecule has 0 bridgehead atoms. The number of aromatic nitrogens is 6. The Morgan fingerprint density at radius 1 is 1.06 bits per heavy atom. The Morgan fingerprint density at radius 3 is 2.82 bits per heavy atom. The number of hydrogen-bond acceptors (Lipinski definition) is 6. The van der Waals surface area contributed by atoms with Crippen molar-refractivity contribution in [2.45, 2.75) is 32.0 Å². The number of nitrogens with zero attached hydrogens (tertiary/aromatic N) is 6. The van der Waals surface area contributed by atoms with E-state index in [4.69, 9.17) is 9.72 Å². The summed E-state index contributed by atoms with van der Waals surface area (Å²) in [4.78, 5) is 18.2. The average molecular weight is 443 g/mol. The van der Waals surface area contributed by atoms with E-state index in [0.717, 1.165) is 48.5 Å². The Morgan fingerprint density at radius 2 is 1.97 bits per heavy atom. The predicted octanol–water partition coefficient (Wildman–Crippen LogP) is 4.62. The molecule has 0 aliphatic carbocycles. The molecule has 1 fully saturated rings. The quantitative estimate of drug-likeness (QED) is 0.427. The van der Waals surface area contributed by atoms with Gasteiger partial charge in [0.05, 0.1) is 23.9 Å². The zero-order chi connectivity index (χ0) is 22.2. The summed E-state index contributed by atoms with van der Waals surface area (Å²) in [5.74, 6) is 1.06. The van der Waals surface area contributed by atoms with Crippen molar-refractivity contribution in [2.75, 3.05) is 11.9 Å². The zero-order valence-electron chi connectivity index (χ0n) is 17.9. The molecule has 1 aliphatic heterocycles. The highest BCUT2D eigenvalue weighted by molar-refractivity contribution is 5.83. The standard InChI is InChI=1S/C24H22FN7O/c25-16-9-10-18-19(12-16)32(17-6-2-1-3-7-17)20(30-18)13-26-23-22-24(28-14-27-23)31(15-29-22)21-8-4-5-11-33-21/h1-3,6-7,9-10,12,14-15,21H,4-5,8,11,13H2,(H,26,27,28). The maximum atomic E-state index is 14.0. The van der Waals surface area contributed by atoms with E-state index in [9.17, 15) is 4.39 Å². The molecule has 1 aliphatic rings. The van der Waals surface area contributed by atoms with Crippen LogP contribution in [0.3, 0.4) is 0 Å². The summed E-state index contributed by atoms with van der Waals surface area (Å²) in [5, 5.41) is 3.36. The lowest BCUT2D eigenvalue weighted by Crippen LogP contribution is -2.17. The summed E-state index contributed by atoms with van der Waals surface area (Å²) in [7, 11) is 0. The monoisotopic (exact) mass is 443 g/mol. The number of anilines is 1. The summed E-state index contributed by atoms with van der Waals surface area (Å²) in [6.45, 7) is 1.13. The van der Waals surface area contributed by atoms with Crippen LogP contribution in [0.5, 0.6) is 0 Å². The molecule has 0 saturated carbocycles. The van der Waals surface area contributed by atoms with E-state index in [1.807, 2.05) is 39.5 Å². The number of ether oxygens (including phenoxy) is 1. The fourth-order valence-electron chi connectivity index (χ4n) is 4.38. The highest BCUT2D eigenvalue weighted by Crippen LogP contribution is 2.28. The van der Waals surface area contributed by atoms with Gasteiger partial charge in [-0.3, -0.25) is 9.13 Å². The molecular formula is C24H22FN7O.